The van der Waals surface area contributed by atoms with Crippen molar-refractivity contribution in [2.45, 2.75) is 38.5 Å². The number of amides is 1. The zero-order valence-corrected chi connectivity index (χ0v) is 14.3. The van der Waals surface area contributed by atoms with Crippen molar-refractivity contribution in [2.75, 3.05) is 20.2 Å². The number of rotatable bonds is 5. The summed E-state index contributed by atoms with van der Waals surface area (Å²) in [5.41, 5.74) is 1.08. The Hall–Kier alpha value is -2.37. The van der Waals surface area contributed by atoms with Gasteiger partial charge < -0.3 is 9.64 Å². The molecule has 24 heavy (non-hydrogen) atoms. The van der Waals surface area contributed by atoms with E-state index < -0.39 is 0 Å². The second-order valence-corrected chi connectivity index (χ2v) is 6.25. The number of piperidine rings is 1. The molecule has 1 fully saturated rings. The van der Waals surface area contributed by atoms with Crippen LogP contribution in [0.3, 0.4) is 0 Å². The number of aryl methyl sites for hydroxylation is 2. The lowest BCUT2D eigenvalue weighted by molar-refractivity contribution is -0.132. The van der Waals surface area contributed by atoms with E-state index in [2.05, 4.69) is 15.2 Å². The van der Waals surface area contributed by atoms with Gasteiger partial charge >= 0.3 is 0 Å². The van der Waals surface area contributed by atoms with Crippen LogP contribution in [0.15, 0.2) is 24.3 Å². The van der Waals surface area contributed by atoms with Crippen LogP contribution in [0.25, 0.3) is 0 Å². The highest BCUT2D eigenvalue weighted by Crippen LogP contribution is 2.26. The Labute approximate surface area is 142 Å². The van der Waals surface area contributed by atoms with Gasteiger partial charge in [-0.25, -0.2) is 4.98 Å². The molecule has 3 rings (SSSR count). The summed E-state index contributed by atoms with van der Waals surface area (Å²) in [7, 11) is 1.66. The molecule has 1 saturated heterocycles. The van der Waals surface area contributed by atoms with Gasteiger partial charge in [-0.1, -0.05) is 18.2 Å². The van der Waals surface area contributed by atoms with Gasteiger partial charge in [0.05, 0.1) is 7.11 Å². The largest absolute Gasteiger partial charge is 0.496 e. The van der Waals surface area contributed by atoms with Crippen molar-refractivity contribution in [3.63, 3.8) is 0 Å². The van der Waals surface area contributed by atoms with E-state index in [0.29, 0.717) is 18.8 Å². The summed E-state index contributed by atoms with van der Waals surface area (Å²) in [6.45, 7) is 3.47. The molecule has 1 amide bonds. The Bertz CT molecular complexity index is 690. The van der Waals surface area contributed by atoms with Crippen LogP contribution in [-0.4, -0.2) is 46.2 Å². The third kappa shape index (κ3) is 3.75. The molecule has 2 heterocycles. The summed E-state index contributed by atoms with van der Waals surface area (Å²) in [6, 6.07) is 7.88. The zero-order chi connectivity index (χ0) is 16.9. The predicted molar refractivity (Wildman–Crippen MR) is 91.0 cm³/mol. The molecule has 0 unspecified atom stereocenters. The van der Waals surface area contributed by atoms with Gasteiger partial charge in [-0.15, -0.1) is 0 Å². The monoisotopic (exact) mass is 328 g/mol. The number of likely N-dealkylation sites (tertiary alicyclic amines) is 1. The molecule has 0 spiro atoms. The predicted octanol–water partition coefficient (Wildman–Crippen LogP) is 2.46. The molecule has 6 heteroatoms. The van der Waals surface area contributed by atoms with E-state index in [0.717, 1.165) is 48.9 Å². The molecule has 128 valence electrons. The van der Waals surface area contributed by atoms with Crippen LogP contribution in [0.1, 0.15) is 42.4 Å². The summed E-state index contributed by atoms with van der Waals surface area (Å²) in [5, 5.41) is 7.15. The maximum Gasteiger partial charge on any atom is 0.222 e. The Morgan fingerprint density at radius 2 is 2.08 bits per heavy atom. The average molecular weight is 328 g/mol. The lowest BCUT2D eigenvalue weighted by Crippen LogP contribution is -2.38. The molecular formula is C18H24N4O2. The summed E-state index contributed by atoms with van der Waals surface area (Å²) in [6.07, 6.45) is 3.09. The fourth-order valence-electron chi connectivity index (χ4n) is 3.24. The van der Waals surface area contributed by atoms with E-state index in [1.165, 1.54) is 0 Å². The van der Waals surface area contributed by atoms with Crippen LogP contribution >= 0.6 is 0 Å². The number of nitrogens with one attached hydrogen (secondary N) is 1. The minimum absolute atomic E-state index is 0.213. The third-order valence-electron chi connectivity index (χ3n) is 4.63. The first-order chi connectivity index (χ1) is 11.7. The fraction of sp³-hybridized carbons (Fsp3) is 0.500. The number of para-hydroxylation sites is 1. The second kappa shape index (κ2) is 7.47. The Balaban J connectivity index is 1.50. The van der Waals surface area contributed by atoms with Crippen molar-refractivity contribution in [1.82, 2.24) is 20.1 Å². The van der Waals surface area contributed by atoms with Crippen molar-refractivity contribution in [1.29, 1.82) is 0 Å². The molecule has 1 aromatic carbocycles. The highest BCUT2D eigenvalue weighted by molar-refractivity contribution is 5.76. The van der Waals surface area contributed by atoms with Crippen molar-refractivity contribution in [3.05, 3.63) is 41.5 Å². The Kier molecular flexibility index (Phi) is 5.13. The van der Waals surface area contributed by atoms with Crippen LogP contribution < -0.4 is 4.74 Å². The molecule has 1 aliphatic rings. The first kappa shape index (κ1) is 16.5. The Morgan fingerprint density at radius 3 is 2.75 bits per heavy atom. The molecule has 0 aliphatic carbocycles. The number of benzene rings is 1. The highest BCUT2D eigenvalue weighted by Gasteiger charge is 2.25. The van der Waals surface area contributed by atoms with Gasteiger partial charge in [0.1, 0.15) is 11.6 Å². The van der Waals surface area contributed by atoms with Crippen LogP contribution in [0.4, 0.5) is 0 Å². The van der Waals surface area contributed by atoms with Gasteiger partial charge in [0, 0.05) is 25.4 Å². The number of aromatic amines is 1. The summed E-state index contributed by atoms with van der Waals surface area (Å²) in [5.74, 6) is 3.15. The maximum absolute atomic E-state index is 12.5. The summed E-state index contributed by atoms with van der Waals surface area (Å²) in [4.78, 5) is 18.8. The van der Waals surface area contributed by atoms with Gasteiger partial charge in [0.15, 0.2) is 5.82 Å². The number of hydrogen-bond donors (Lipinski definition) is 1. The van der Waals surface area contributed by atoms with Crippen LogP contribution in [0.2, 0.25) is 0 Å². The van der Waals surface area contributed by atoms with Crippen molar-refractivity contribution in [3.8, 4) is 5.75 Å². The number of ether oxygens (including phenoxy) is 1. The lowest BCUT2D eigenvalue weighted by atomic mass is 9.95. The number of nitrogens with zero attached hydrogens (tertiary/aromatic N) is 3. The molecule has 6 nitrogen and oxygen atoms in total. The van der Waals surface area contributed by atoms with E-state index in [9.17, 15) is 4.79 Å². The molecule has 1 aromatic heterocycles. The minimum atomic E-state index is 0.213. The van der Waals surface area contributed by atoms with E-state index in [4.69, 9.17) is 4.74 Å². The molecule has 0 radical (unpaired) electrons. The number of methoxy groups -OCH3 is 1. The lowest BCUT2D eigenvalue weighted by Gasteiger charge is -2.31. The number of aromatic nitrogens is 3. The molecule has 1 N–H and O–H groups in total. The first-order valence-electron chi connectivity index (χ1n) is 8.46. The quantitative estimate of drug-likeness (QED) is 0.915. The van der Waals surface area contributed by atoms with Gasteiger partial charge in [-0.05, 0) is 37.8 Å². The number of carbonyl (C=O) groups excluding carboxylic acids is 1. The maximum atomic E-state index is 12.5. The van der Waals surface area contributed by atoms with Crippen LogP contribution in [0, 0.1) is 6.92 Å². The minimum Gasteiger partial charge on any atom is -0.496 e. The van der Waals surface area contributed by atoms with Gasteiger partial charge in [-0.3, -0.25) is 9.89 Å². The number of hydrogen-bond acceptors (Lipinski definition) is 4. The molecule has 0 atom stereocenters. The van der Waals surface area contributed by atoms with Gasteiger partial charge in [0.25, 0.3) is 0 Å². The molecule has 2 aromatic rings. The second-order valence-electron chi connectivity index (χ2n) is 6.25. The highest BCUT2D eigenvalue weighted by atomic mass is 16.5. The SMILES string of the molecule is COc1ccccc1CCC(=O)N1CCC(c2n[nH]c(C)n2)CC1. The van der Waals surface area contributed by atoms with Gasteiger partial charge in [0.2, 0.25) is 5.91 Å². The first-order valence-corrected chi connectivity index (χ1v) is 8.46. The standard InChI is InChI=1S/C18H24N4O2/c1-13-19-18(21-20-13)15-9-11-22(12-10-15)17(23)8-7-14-5-3-4-6-16(14)24-2/h3-6,15H,7-12H2,1-2H3,(H,19,20,21). The summed E-state index contributed by atoms with van der Waals surface area (Å²) < 4.78 is 5.35. The van der Waals surface area contributed by atoms with Crippen molar-refractivity contribution < 1.29 is 9.53 Å². The number of H-pyrrole nitrogens is 1. The normalized spacial score (nSPS) is 15.5. The van der Waals surface area contributed by atoms with Crippen LogP contribution in [0.5, 0.6) is 5.75 Å². The fourth-order valence-corrected chi connectivity index (χ4v) is 3.24. The van der Waals surface area contributed by atoms with E-state index in [1.54, 1.807) is 7.11 Å². The van der Waals surface area contributed by atoms with Crippen molar-refractivity contribution >= 4 is 5.91 Å². The topological polar surface area (TPSA) is 71.1 Å². The average Bonchev–Trinajstić information content (AvgIpc) is 3.06. The molecular weight excluding hydrogens is 304 g/mol. The number of carbonyl (C=O) groups is 1. The molecule has 0 saturated carbocycles. The smallest absolute Gasteiger partial charge is 0.222 e. The van der Waals surface area contributed by atoms with E-state index in [-0.39, 0.29) is 5.91 Å². The zero-order valence-electron chi connectivity index (χ0n) is 14.3. The molecule has 0 bridgehead atoms. The van der Waals surface area contributed by atoms with Gasteiger partial charge in [-0.2, -0.15) is 5.10 Å². The van der Waals surface area contributed by atoms with Crippen molar-refractivity contribution in [2.24, 2.45) is 0 Å². The Morgan fingerprint density at radius 1 is 1.33 bits per heavy atom. The summed E-state index contributed by atoms with van der Waals surface area (Å²) >= 11 is 0. The van der Waals surface area contributed by atoms with E-state index in [1.807, 2.05) is 36.1 Å². The van der Waals surface area contributed by atoms with E-state index >= 15 is 0 Å². The third-order valence-corrected chi connectivity index (χ3v) is 4.63. The molecule has 1 aliphatic heterocycles. The van der Waals surface area contributed by atoms with Crippen LogP contribution in [-0.2, 0) is 11.2 Å².